The molecule has 3 aromatic rings. The lowest BCUT2D eigenvalue weighted by Gasteiger charge is -2.37. The minimum Gasteiger partial charge on any atom is -0.495 e. The van der Waals surface area contributed by atoms with Gasteiger partial charge in [0.25, 0.3) is 11.1 Å². The molecule has 164 valence electrons. The number of nitrogens with zero attached hydrogens (tertiary/aromatic N) is 4. The number of benzene rings is 2. The van der Waals surface area contributed by atoms with Gasteiger partial charge in [0.2, 0.25) is 0 Å². The molecule has 2 heterocycles. The molecule has 0 amide bonds. The molecule has 1 aromatic heterocycles. The van der Waals surface area contributed by atoms with Crippen molar-refractivity contribution < 1.29 is 9.84 Å². The van der Waals surface area contributed by atoms with E-state index in [0.29, 0.717) is 17.3 Å². The van der Waals surface area contributed by atoms with Gasteiger partial charge in [-0.3, -0.25) is 19.2 Å². The Kier molecular flexibility index (Phi) is 6.11. The van der Waals surface area contributed by atoms with Crippen molar-refractivity contribution in [3.63, 3.8) is 0 Å². The number of ether oxygens (including phenoxy) is 1. The molecular weight excluding hydrogens is 396 g/mol. The number of hydrogen-bond donors (Lipinski definition) is 1. The Bertz CT molecular complexity index is 1180. The third kappa shape index (κ3) is 4.22. The lowest BCUT2D eigenvalue weighted by molar-refractivity contribution is 0.0873. The Hall–Kier alpha value is -3.10. The molecule has 2 aromatic carbocycles. The Morgan fingerprint density at radius 3 is 2.19 bits per heavy atom. The van der Waals surface area contributed by atoms with Crippen LogP contribution in [0.1, 0.15) is 0 Å². The Morgan fingerprint density at radius 2 is 1.52 bits per heavy atom. The van der Waals surface area contributed by atoms with Crippen LogP contribution in [-0.4, -0.2) is 65.3 Å². The molecular formula is C23H28N4O4. The van der Waals surface area contributed by atoms with E-state index in [1.54, 1.807) is 38.4 Å². The molecule has 1 N–H and O–H groups in total. The summed E-state index contributed by atoms with van der Waals surface area (Å²) in [5.41, 5.74) is 0.563. The normalized spacial score (nSPS) is 15.9. The number of para-hydroxylation sites is 2. The van der Waals surface area contributed by atoms with Crippen molar-refractivity contribution >= 4 is 16.5 Å². The van der Waals surface area contributed by atoms with E-state index in [2.05, 4.69) is 15.9 Å². The van der Waals surface area contributed by atoms with Crippen LogP contribution in [0.25, 0.3) is 10.8 Å². The van der Waals surface area contributed by atoms with Crippen LogP contribution < -0.4 is 20.8 Å². The summed E-state index contributed by atoms with van der Waals surface area (Å²) in [4.78, 5) is 29.9. The highest BCUT2D eigenvalue weighted by Gasteiger charge is 2.22. The number of fused-ring (bicyclic) bond motifs is 1. The molecule has 8 heteroatoms. The number of methoxy groups -OCH3 is 1. The average molecular weight is 425 g/mol. The van der Waals surface area contributed by atoms with Crippen molar-refractivity contribution in [2.45, 2.75) is 12.6 Å². The maximum Gasteiger partial charge on any atom is 0.273 e. The summed E-state index contributed by atoms with van der Waals surface area (Å²) >= 11 is 0. The van der Waals surface area contributed by atoms with Crippen molar-refractivity contribution in [1.29, 1.82) is 0 Å². The molecule has 31 heavy (non-hydrogen) atoms. The maximum atomic E-state index is 12.8. The van der Waals surface area contributed by atoms with Gasteiger partial charge in [-0.15, -0.1) is 0 Å². The van der Waals surface area contributed by atoms with E-state index >= 15 is 0 Å². The van der Waals surface area contributed by atoms with Crippen LogP contribution in [0.4, 0.5) is 5.69 Å². The third-order valence-corrected chi connectivity index (χ3v) is 5.93. The predicted octanol–water partition coefficient (Wildman–Crippen LogP) is 0.892. The van der Waals surface area contributed by atoms with Crippen molar-refractivity contribution in [2.24, 2.45) is 7.05 Å². The lowest BCUT2D eigenvalue weighted by atomic mass is 10.2. The van der Waals surface area contributed by atoms with Gasteiger partial charge in [-0.25, -0.2) is 4.68 Å². The number of rotatable bonds is 6. The second-order valence-corrected chi connectivity index (χ2v) is 7.87. The highest BCUT2D eigenvalue weighted by atomic mass is 16.5. The van der Waals surface area contributed by atoms with E-state index in [1.165, 1.54) is 9.36 Å². The summed E-state index contributed by atoms with van der Waals surface area (Å²) in [6.45, 7) is 3.74. The zero-order valence-corrected chi connectivity index (χ0v) is 17.9. The van der Waals surface area contributed by atoms with E-state index in [0.717, 1.165) is 37.6 Å². The highest BCUT2D eigenvalue weighted by molar-refractivity contribution is 5.80. The second kappa shape index (κ2) is 8.95. The topological polar surface area (TPSA) is 79.9 Å². The number of aliphatic hydroxyl groups is 1. The van der Waals surface area contributed by atoms with Crippen molar-refractivity contribution in [3.05, 3.63) is 69.2 Å². The summed E-state index contributed by atoms with van der Waals surface area (Å²) in [6, 6.07) is 14.8. The SMILES string of the molecule is COc1ccccc1N1CCN(CC(O)Cn2c(=O)c3ccccc3c(=O)n2C)CC1. The fourth-order valence-corrected chi connectivity index (χ4v) is 4.24. The van der Waals surface area contributed by atoms with Crippen molar-refractivity contribution in [1.82, 2.24) is 14.3 Å². The van der Waals surface area contributed by atoms with Gasteiger partial charge in [-0.1, -0.05) is 24.3 Å². The summed E-state index contributed by atoms with van der Waals surface area (Å²) < 4.78 is 8.10. The average Bonchev–Trinajstić information content (AvgIpc) is 2.81. The van der Waals surface area contributed by atoms with Crippen LogP contribution >= 0.6 is 0 Å². The number of aromatic nitrogens is 2. The largest absolute Gasteiger partial charge is 0.495 e. The Labute approximate surface area is 180 Å². The maximum absolute atomic E-state index is 12.8. The lowest BCUT2D eigenvalue weighted by Crippen LogP contribution is -2.50. The van der Waals surface area contributed by atoms with E-state index in [1.807, 2.05) is 18.2 Å². The van der Waals surface area contributed by atoms with Crippen LogP contribution in [0.2, 0.25) is 0 Å². The van der Waals surface area contributed by atoms with Gasteiger partial charge >= 0.3 is 0 Å². The summed E-state index contributed by atoms with van der Waals surface area (Å²) in [7, 11) is 3.24. The molecule has 1 saturated heterocycles. The molecule has 0 spiro atoms. The number of hydrogen-bond acceptors (Lipinski definition) is 6. The van der Waals surface area contributed by atoms with Gasteiger partial charge in [0, 0.05) is 39.8 Å². The molecule has 0 aliphatic carbocycles. The summed E-state index contributed by atoms with van der Waals surface area (Å²) in [6.07, 6.45) is -0.762. The van der Waals surface area contributed by atoms with Crippen molar-refractivity contribution in [2.75, 3.05) is 44.7 Å². The van der Waals surface area contributed by atoms with E-state index in [4.69, 9.17) is 4.74 Å². The molecule has 0 bridgehead atoms. The molecule has 0 saturated carbocycles. The zero-order valence-electron chi connectivity index (χ0n) is 17.9. The van der Waals surface area contributed by atoms with E-state index in [-0.39, 0.29) is 17.7 Å². The van der Waals surface area contributed by atoms with E-state index < -0.39 is 6.10 Å². The number of aliphatic hydroxyl groups excluding tert-OH is 1. The van der Waals surface area contributed by atoms with E-state index in [9.17, 15) is 14.7 Å². The standard InChI is InChI=1S/C23H28N4O4/c1-24-22(29)18-7-3-4-8-19(18)23(30)27(24)16-17(28)15-25-11-13-26(14-12-25)20-9-5-6-10-21(20)31-2/h3-10,17,28H,11-16H2,1-2H3. The van der Waals surface area contributed by atoms with Gasteiger partial charge in [-0.05, 0) is 24.3 Å². The number of β-amino-alcohol motifs (C(OH)–C–C–N with tert-alkyl or cyclic N) is 1. The molecule has 1 fully saturated rings. The van der Waals surface area contributed by atoms with Crippen molar-refractivity contribution in [3.8, 4) is 5.75 Å². The summed E-state index contributed by atoms with van der Waals surface area (Å²) in [5.74, 6) is 0.854. The zero-order chi connectivity index (χ0) is 22.0. The Balaban J connectivity index is 1.42. The van der Waals surface area contributed by atoms with Crippen LogP contribution in [0.5, 0.6) is 5.75 Å². The first-order chi connectivity index (χ1) is 15.0. The van der Waals surface area contributed by atoms with Gasteiger partial charge in [-0.2, -0.15) is 0 Å². The van der Waals surface area contributed by atoms with Crippen LogP contribution in [0.3, 0.4) is 0 Å². The second-order valence-electron chi connectivity index (χ2n) is 7.87. The number of anilines is 1. The first kappa shape index (κ1) is 21.1. The molecule has 1 unspecified atom stereocenters. The monoisotopic (exact) mass is 424 g/mol. The van der Waals surface area contributed by atoms with Crippen LogP contribution in [0.15, 0.2) is 58.1 Å². The fourth-order valence-electron chi connectivity index (χ4n) is 4.24. The molecule has 1 atom stereocenters. The molecule has 1 aliphatic rings. The van der Waals surface area contributed by atoms with Gasteiger partial charge < -0.3 is 14.7 Å². The van der Waals surface area contributed by atoms with Gasteiger partial charge in [0.1, 0.15) is 5.75 Å². The smallest absolute Gasteiger partial charge is 0.273 e. The molecule has 8 nitrogen and oxygen atoms in total. The molecule has 4 rings (SSSR count). The number of piperazine rings is 1. The predicted molar refractivity (Wildman–Crippen MR) is 121 cm³/mol. The minimum atomic E-state index is -0.762. The quantitative estimate of drug-likeness (QED) is 0.633. The fraction of sp³-hybridized carbons (Fsp3) is 0.391. The molecule has 0 radical (unpaired) electrons. The highest BCUT2D eigenvalue weighted by Crippen LogP contribution is 2.28. The Morgan fingerprint density at radius 1 is 0.903 bits per heavy atom. The third-order valence-electron chi connectivity index (χ3n) is 5.93. The van der Waals surface area contributed by atoms with Gasteiger partial charge in [0.05, 0.1) is 36.2 Å². The van der Waals surface area contributed by atoms with Crippen LogP contribution in [-0.2, 0) is 13.6 Å². The summed E-state index contributed by atoms with van der Waals surface area (Å²) in [5, 5.41) is 11.5. The first-order valence-corrected chi connectivity index (χ1v) is 10.5. The molecule has 1 aliphatic heterocycles. The van der Waals surface area contributed by atoms with Crippen LogP contribution in [0, 0.1) is 0 Å². The minimum absolute atomic E-state index is 0.0716. The van der Waals surface area contributed by atoms with Gasteiger partial charge in [0.15, 0.2) is 0 Å². The first-order valence-electron chi connectivity index (χ1n) is 10.5.